The molecule has 0 aliphatic heterocycles. The van der Waals surface area contributed by atoms with E-state index < -0.39 is 6.04 Å². The molecule has 0 amide bonds. The van der Waals surface area contributed by atoms with Crippen molar-refractivity contribution in [1.29, 1.82) is 10.8 Å². The molecular formula is C15H17BrClN5OS. The number of nitrogens with zero attached hydrogens (tertiary/aromatic N) is 1. The average Bonchev–Trinajstić information content (AvgIpc) is 2.95. The summed E-state index contributed by atoms with van der Waals surface area (Å²) in [6.07, 6.45) is 2.43. The van der Waals surface area contributed by atoms with Crippen molar-refractivity contribution in [3.63, 3.8) is 0 Å². The SMILES string of the molecule is Cc1ccnc2c1C(NC(=N)NO)C(=N)C(c1ccsc1Br)C2.Cl. The van der Waals surface area contributed by atoms with Gasteiger partial charge in [0.1, 0.15) is 0 Å². The minimum atomic E-state index is -0.489. The number of aryl methyl sites for hydroxylation is 1. The second-order valence-electron chi connectivity index (χ2n) is 5.41. The highest BCUT2D eigenvalue weighted by Gasteiger charge is 2.36. The first kappa shape index (κ1) is 18.9. The number of hydroxylamine groups is 1. The van der Waals surface area contributed by atoms with Gasteiger partial charge in [0.2, 0.25) is 5.96 Å². The van der Waals surface area contributed by atoms with Gasteiger partial charge in [0.15, 0.2) is 0 Å². The van der Waals surface area contributed by atoms with Gasteiger partial charge in [0.05, 0.1) is 9.83 Å². The quantitative estimate of drug-likeness (QED) is 0.285. The number of halogens is 2. The van der Waals surface area contributed by atoms with Gasteiger partial charge in [-0.05, 0) is 51.5 Å². The Morgan fingerprint density at radius 2 is 2.21 bits per heavy atom. The largest absolute Gasteiger partial charge is 0.343 e. The Morgan fingerprint density at radius 1 is 1.46 bits per heavy atom. The van der Waals surface area contributed by atoms with Gasteiger partial charge in [-0.3, -0.25) is 15.6 Å². The third-order valence-corrected chi connectivity index (χ3v) is 5.82. The lowest BCUT2D eigenvalue weighted by Crippen LogP contribution is -2.44. The molecule has 1 aliphatic carbocycles. The van der Waals surface area contributed by atoms with Gasteiger partial charge in [-0.1, -0.05) is 0 Å². The molecule has 2 aromatic heterocycles. The van der Waals surface area contributed by atoms with Gasteiger partial charge < -0.3 is 10.7 Å². The Hall–Kier alpha value is -1.48. The van der Waals surface area contributed by atoms with Crippen molar-refractivity contribution in [3.8, 4) is 0 Å². The van der Waals surface area contributed by atoms with E-state index in [1.807, 2.05) is 24.4 Å². The number of hydrogen-bond acceptors (Lipinski definition) is 5. The van der Waals surface area contributed by atoms with E-state index >= 15 is 0 Å². The number of hydrogen-bond donors (Lipinski definition) is 5. The number of fused-ring (bicyclic) bond motifs is 1. The van der Waals surface area contributed by atoms with E-state index in [4.69, 9.17) is 16.0 Å². The van der Waals surface area contributed by atoms with E-state index in [0.29, 0.717) is 12.1 Å². The van der Waals surface area contributed by atoms with Gasteiger partial charge in [0.25, 0.3) is 0 Å². The molecule has 24 heavy (non-hydrogen) atoms. The summed E-state index contributed by atoms with van der Waals surface area (Å²) in [5.41, 5.74) is 6.18. The van der Waals surface area contributed by atoms with Crippen molar-refractivity contribution in [2.24, 2.45) is 0 Å². The molecule has 9 heteroatoms. The van der Waals surface area contributed by atoms with Gasteiger partial charge in [-0.15, -0.1) is 23.7 Å². The minimum Gasteiger partial charge on any atom is -0.343 e. The Labute approximate surface area is 158 Å². The molecule has 2 atom stereocenters. The van der Waals surface area contributed by atoms with Crippen LogP contribution in [-0.2, 0) is 6.42 Å². The molecule has 0 radical (unpaired) electrons. The topological polar surface area (TPSA) is 105 Å². The number of guanidine groups is 1. The highest BCUT2D eigenvalue weighted by atomic mass is 79.9. The van der Waals surface area contributed by atoms with Gasteiger partial charge in [-0.25, -0.2) is 5.48 Å². The lowest BCUT2D eigenvalue weighted by atomic mass is 9.77. The Balaban J connectivity index is 0.00000208. The van der Waals surface area contributed by atoms with E-state index in [2.05, 4.69) is 26.2 Å². The number of rotatable bonds is 2. The molecule has 128 valence electrons. The summed E-state index contributed by atoms with van der Waals surface area (Å²) in [4.78, 5) is 4.49. The fourth-order valence-corrected chi connectivity index (χ4v) is 4.41. The number of aromatic nitrogens is 1. The van der Waals surface area contributed by atoms with E-state index in [1.165, 1.54) is 0 Å². The third kappa shape index (κ3) is 3.32. The summed E-state index contributed by atoms with van der Waals surface area (Å²) in [6.45, 7) is 1.97. The monoisotopic (exact) mass is 429 g/mol. The Morgan fingerprint density at radius 3 is 2.83 bits per heavy atom. The van der Waals surface area contributed by atoms with Crippen LogP contribution in [0, 0.1) is 17.7 Å². The molecule has 0 saturated heterocycles. The molecule has 0 aromatic carbocycles. The summed E-state index contributed by atoms with van der Waals surface area (Å²) in [5, 5.41) is 30.1. The number of pyridine rings is 1. The molecule has 6 nitrogen and oxygen atoms in total. The molecule has 1 aliphatic rings. The fraction of sp³-hybridized carbons (Fsp3) is 0.267. The van der Waals surface area contributed by atoms with Crippen molar-refractivity contribution in [2.45, 2.75) is 25.3 Å². The molecule has 0 fully saturated rings. The highest BCUT2D eigenvalue weighted by Crippen LogP contribution is 2.40. The van der Waals surface area contributed by atoms with E-state index in [1.54, 1.807) is 23.0 Å². The number of nitrogens with one attached hydrogen (secondary N) is 4. The van der Waals surface area contributed by atoms with E-state index in [0.717, 1.165) is 26.2 Å². The van der Waals surface area contributed by atoms with Crippen LogP contribution in [0.1, 0.15) is 34.3 Å². The van der Waals surface area contributed by atoms with Crippen LogP contribution in [0.2, 0.25) is 0 Å². The first-order valence-corrected chi connectivity index (χ1v) is 8.71. The van der Waals surface area contributed by atoms with Crippen LogP contribution in [-0.4, -0.2) is 21.9 Å². The summed E-state index contributed by atoms with van der Waals surface area (Å²) < 4.78 is 1.01. The molecule has 3 rings (SSSR count). The second kappa shape index (κ2) is 7.60. The van der Waals surface area contributed by atoms with Crippen LogP contribution in [0.5, 0.6) is 0 Å². The Kier molecular flexibility index (Phi) is 5.97. The highest BCUT2D eigenvalue weighted by molar-refractivity contribution is 9.11. The van der Waals surface area contributed by atoms with Crippen molar-refractivity contribution in [2.75, 3.05) is 0 Å². The first-order chi connectivity index (χ1) is 11.0. The molecule has 2 heterocycles. The van der Waals surface area contributed by atoms with Crippen LogP contribution in [0.25, 0.3) is 0 Å². The zero-order valence-corrected chi connectivity index (χ0v) is 16.0. The van der Waals surface area contributed by atoms with Gasteiger partial charge >= 0.3 is 0 Å². The predicted molar refractivity (Wildman–Crippen MR) is 101 cm³/mol. The van der Waals surface area contributed by atoms with Crippen LogP contribution in [0.3, 0.4) is 0 Å². The van der Waals surface area contributed by atoms with E-state index in [-0.39, 0.29) is 24.3 Å². The van der Waals surface area contributed by atoms with Crippen LogP contribution in [0.4, 0.5) is 0 Å². The zero-order valence-electron chi connectivity index (χ0n) is 12.8. The van der Waals surface area contributed by atoms with Gasteiger partial charge in [0, 0.05) is 35.5 Å². The second-order valence-corrected chi connectivity index (χ2v) is 7.65. The maximum atomic E-state index is 8.93. The van der Waals surface area contributed by atoms with Crippen LogP contribution in [0.15, 0.2) is 27.5 Å². The lowest BCUT2D eigenvalue weighted by Gasteiger charge is -2.34. The van der Waals surface area contributed by atoms with Crippen LogP contribution >= 0.6 is 39.7 Å². The fourth-order valence-electron chi connectivity index (χ4n) is 3.00. The average molecular weight is 431 g/mol. The molecule has 0 saturated carbocycles. The predicted octanol–water partition coefficient (Wildman–Crippen LogP) is 3.54. The molecule has 0 spiro atoms. The molecular weight excluding hydrogens is 414 g/mol. The lowest BCUT2D eigenvalue weighted by molar-refractivity contribution is 0.228. The van der Waals surface area contributed by atoms with Gasteiger partial charge in [-0.2, -0.15) is 0 Å². The normalized spacial score (nSPS) is 19.2. The van der Waals surface area contributed by atoms with Crippen molar-refractivity contribution in [1.82, 2.24) is 15.8 Å². The number of thiophene rings is 1. The standard InChI is InChI=1S/C15H16BrN5OS.ClH/c1-7-2-4-19-10-6-9(8-3-5-23-14(8)16)12(17)13(11(7)10)20-15(18)21-22;/h2-5,9,13,17,22H,6H2,1H3,(H3,18,20,21);1H. The molecule has 0 bridgehead atoms. The smallest absolute Gasteiger partial charge is 0.213 e. The summed E-state index contributed by atoms with van der Waals surface area (Å²) in [7, 11) is 0. The van der Waals surface area contributed by atoms with Crippen molar-refractivity contribution in [3.05, 3.63) is 49.9 Å². The third-order valence-electron chi connectivity index (χ3n) is 4.09. The van der Waals surface area contributed by atoms with Crippen LogP contribution < -0.4 is 10.8 Å². The van der Waals surface area contributed by atoms with E-state index in [9.17, 15) is 0 Å². The molecule has 5 N–H and O–H groups in total. The maximum absolute atomic E-state index is 8.93. The summed E-state index contributed by atoms with van der Waals surface area (Å²) >= 11 is 5.14. The zero-order chi connectivity index (χ0) is 16.6. The molecule has 2 aromatic rings. The molecule has 2 unspecified atom stereocenters. The Bertz CT molecular complexity index is 781. The minimum absolute atomic E-state index is 0. The first-order valence-electron chi connectivity index (χ1n) is 7.03. The summed E-state index contributed by atoms with van der Waals surface area (Å²) in [6, 6.07) is 3.43. The summed E-state index contributed by atoms with van der Waals surface area (Å²) in [5.74, 6) is -0.347. The van der Waals surface area contributed by atoms with Crippen molar-refractivity contribution < 1.29 is 5.21 Å². The van der Waals surface area contributed by atoms with Crippen molar-refractivity contribution >= 4 is 51.3 Å². The maximum Gasteiger partial charge on any atom is 0.213 e.